The molecule has 0 saturated carbocycles. The van der Waals surface area contributed by atoms with Crippen LogP contribution < -0.4 is 20.8 Å². The third-order valence-electron chi connectivity index (χ3n) is 5.87. The Morgan fingerprint density at radius 1 is 1.24 bits per heavy atom. The molecule has 2 N–H and O–H groups in total. The lowest BCUT2D eigenvalue weighted by molar-refractivity contribution is 0.00578. The minimum absolute atomic E-state index is 0.288. The molecule has 1 aromatic carbocycles. The van der Waals surface area contributed by atoms with Gasteiger partial charge in [0.25, 0.3) is 0 Å². The van der Waals surface area contributed by atoms with Crippen molar-refractivity contribution < 1.29 is 28.4 Å². The molecule has 178 valence electrons. The zero-order valence-corrected chi connectivity index (χ0v) is 20.9. The molecular weight excluding hydrogens is 467 g/mol. The second kappa shape index (κ2) is 10.0. The highest BCUT2D eigenvalue weighted by molar-refractivity contribution is 7.17. The molecule has 1 unspecified atom stereocenters. The summed E-state index contributed by atoms with van der Waals surface area (Å²) in [4.78, 5) is 24.2. The van der Waals surface area contributed by atoms with Crippen LogP contribution in [0.4, 0.5) is 10.5 Å². The lowest BCUT2D eigenvalue weighted by Crippen LogP contribution is -2.41. The average Bonchev–Trinajstić information content (AvgIpc) is 3.43. The normalized spacial score (nSPS) is 20.8. The number of hydrogen-bond donors (Lipinski definition) is 1. The van der Waals surface area contributed by atoms with E-state index in [1.165, 1.54) is 16.2 Å². The summed E-state index contributed by atoms with van der Waals surface area (Å²) in [6.07, 6.45) is 0.0633. The summed E-state index contributed by atoms with van der Waals surface area (Å²) >= 11 is 6.78. The number of aldehydes is 1. The maximum Gasteiger partial charge on any atom is 0.494 e. The predicted molar refractivity (Wildman–Crippen MR) is 130 cm³/mol. The molecule has 3 heterocycles. The summed E-state index contributed by atoms with van der Waals surface area (Å²) in [7, 11) is 1.07. The first-order valence-electron chi connectivity index (χ1n) is 10.4. The predicted octanol–water partition coefficient (Wildman–Crippen LogP) is 3.49. The number of carbonyl (C=O) groups excluding carboxylic acids is 2. The van der Waals surface area contributed by atoms with E-state index in [1.54, 1.807) is 19.2 Å². The minimum Gasteiger partial charge on any atom is -0.495 e. The highest BCUT2D eigenvalue weighted by atomic mass is 35.5. The van der Waals surface area contributed by atoms with Gasteiger partial charge < -0.3 is 24.5 Å². The Bertz CT molecular complexity index is 999. The Labute approximate surface area is 203 Å². The van der Waals surface area contributed by atoms with Crippen LogP contribution in [0.3, 0.4) is 0 Å². The van der Waals surface area contributed by atoms with Gasteiger partial charge in [-0.2, -0.15) is 0 Å². The van der Waals surface area contributed by atoms with E-state index in [2.05, 4.69) is 0 Å². The quantitative estimate of drug-likeness (QED) is 0.501. The van der Waals surface area contributed by atoms with Crippen LogP contribution >= 0.6 is 22.9 Å². The van der Waals surface area contributed by atoms with Gasteiger partial charge in [0.05, 0.1) is 39.8 Å². The van der Waals surface area contributed by atoms with Crippen LogP contribution in [-0.2, 0) is 14.0 Å². The van der Waals surface area contributed by atoms with Crippen LogP contribution in [0.5, 0.6) is 5.75 Å². The van der Waals surface area contributed by atoms with E-state index in [9.17, 15) is 9.59 Å². The molecule has 2 saturated heterocycles. The van der Waals surface area contributed by atoms with Crippen molar-refractivity contribution in [3.05, 3.63) is 39.5 Å². The van der Waals surface area contributed by atoms with E-state index in [0.29, 0.717) is 27.2 Å². The van der Waals surface area contributed by atoms with Gasteiger partial charge in [-0.3, -0.25) is 9.69 Å². The molecule has 0 aliphatic carbocycles. The Morgan fingerprint density at radius 3 is 2.36 bits per heavy atom. The molecule has 8 nitrogen and oxygen atoms in total. The first kappa shape index (κ1) is 25.5. The molecule has 0 spiro atoms. The van der Waals surface area contributed by atoms with Crippen molar-refractivity contribution in [3.8, 4) is 5.75 Å². The fourth-order valence-corrected chi connectivity index (χ4v) is 4.15. The van der Waals surface area contributed by atoms with E-state index in [0.717, 1.165) is 11.7 Å². The average molecular weight is 495 g/mol. The van der Waals surface area contributed by atoms with Crippen LogP contribution in [0.2, 0.25) is 4.34 Å². The summed E-state index contributed by atoms with van der Waals surface area (Å²) in [5.41, 5.74) is 6.23. The number of nitrogens with two attached hydrogens (primary N) is 1. The molecule has 1 aromatic heterocycles. The van der Waals surface area contributed by atoms with Crippen molar-refractivity contribution in [2.45, 2.75) is 45.0 Å². The van der Waals surface area contributed by atoms with Crippen LogP contribution in [0, 0.1) is 0 Å². The van der Waals surface area contributed by atoms with Gasteiger partial charge in [-0.1, -0.05) is 17.7 Å². The number of benzene rings is 1. The molecular formula is C22H28BClN2O6S. The fraction of sp³-hybridized carbons (Fsp3) is 0.455. The number of rotatable bonds is 5. The molecule has 0 bridgehead atoms. The number of amides is 1. The van der Waals surface area contributed by atoms with E-state index in [-0.39, 0.29) is 12.6 Å². The highest BCUT2D eigenvalue weighted by Crippen LogP contribution is 2.37. The summed E-state index contributed by atoms with van der Waals surface area (Å²) in [5.74, 6) is 0.557. The number of carbonyl (C=O) groups is 2. The molecule has 2 aliphatic heterocycles. The topological polar surface area (TPSA) is 100 Å². The maximum atomic E-state index is 12.1. The van der Waals surface area contributed by atoms with Crippen molar-refractivity contribution in [1.29, 1.82) is 0 Å². The molecule has 0 radical (unpaired) electrons. The minimum atomic E-state index is -0.490. The molecule has 4 rings (SSSR count). The van der Waals surface area contributed by atoms with Crippen molar-refractivity contribution in [3.63, 3.8) is 0 Å². The lowest BCUT2D eigenvalue weighted by atomic mass is 9.79. The van der Waals surface area contributed by atoms with Crippen LogP contribution in [0.15, 0.2) is 30.3 Å². The molecule has 2 aromatic rings. The summed E-state index contributed by atoms with van der Waals surface area (Å²) in [6.45, 7) is 8.72. The van der Waals surface area contributed by atoms with Crippen molar-refractivity contribution in [1.82, 2.24) is 0 Å². The Hall–Kier alpha value is -2.11. The maximum absolute atomic E-state index is 12.1. The second-order valence-corrected chi connectivity index (χ2v) is 10.4. The number of anilines is 1. The smallest absolute Gasteiger partial charge is 0.494 e. The van der Waals surface area contributed by atoms with Gasteiger partial charge in [0, 0.05) is 6.54 Å². The molecule has 11 heteroatoms. The fourth-order valence-electron chi connectivity index (χ4n) is 3.28. The third kappa shape index (κ3) is 5.52. The molecule has 2 aliphatic rings. The molecule has 1 amide bonds. The van der Waals surface area contributed by atoms with Crippen molar-refractivity contribution in [2.75, 3.05) is 25.1 Å². The van der Waals surface area contributed by atoms with Gasteiger partial charge in [0.1, 0.15) is 11.9 Å². The van der Waals surface area contributed by atoms with Gasteiger partial charge in [-0.15, -0.1) is 11.3 Å². The number of thiophene rings is 1. The Morgan fingerprint density at radius 2 is 1.91 bits per heavy atom. The summed E-state index contributed by atoms with van der Waals surface area (Å²) in [5, 5.41) is 0. The Balaban J connectivity index is 0.000000323. The standard InChI is InChI=1S/C17H25BN2O5.C5H3ClOS/c1-16(2)17(3,4)25-18(24-16)11-6-7-13(14(8-11)22-5)20-10-12(9-19)23-15(20)21;6-5-2-1-4(3-7)8-5/h6-8,12H,9-10,19H2,1-5H3;1-3H. The summed E-state index contributed by atoms with van der Waals surface area (Å²) in [6, 6.07) is 8.93. The first-order valence-corrected chi connectivity index (χ1v) is 11.6. The van der Waals surface area contributed by atoms with Gasteiger partial charge in [0.15, 0.2) is 6.29 Å². The van der Waals surface area contributed by atoms with Gasteiger partial charge in [-0.25, -0.2) is 4.79 Å². The van der Waals surface area contributed by atoms with E-state index >= 15 is 0 Å². The number of cyclic esters (lactones) is 1. The number of hydrogen-bond acceptors (Lipinski definition) is 8. The zero-order chi connectivity index (χ0) is 24.4. The van der Waals surface area contributed by atoms with Crippen LogP contribution in [-0.4, -0.2) is 57.0 Å². The molecule has 2 fully saturated rings. The SMILES string of the molecule is COc1cc(B2OC(C)(C)C(C)(C)O2)ccc1N1CC(CN)OC1=O.O=Cc1ccc(Cl)s1. The first-order chi connectivity index (χ1) is 15.5. The van der Waals surface area contributed by atoms with Gasteiger partial charge >= 0.3 is 13.2 Å². The van der Waals surface area contributed by atoms with Crippen LogP contribution in [0.25, 0.3) is 0 Å². The van der Waals surface area contributed by atoms with E-state index in [4.69, 9.17) is 36.1 Å². The molecule has 33 heavy (non-hydrogen) atoms. The Kier molecular flexibility index (Phi) is 7.75. The van der Waals surface area contributed by atoms with Gasteiger partial charge in [0.2, 0.25) is 0 Å². The largest absolute Gasteiger partial charge is 0.495 e. The van der Waals surface area contributed by atoms with E-state index < -0.39 is 24.4 Å². The van der Waals surface area contributed by atoms with Crippen LogP contribution in [0.1, 0.15) is 37.4 Å². The molecule has 1 atom stereocenters. The second-order valence-electron chi connectivity index (χ2n) is 8.63. The zero-order valence-electron chi connectivity index (χ0n) is 19.3. The number of halogens is 1. The highest BCUT2D eigenvalue weighted by Gasteiger charge is 2.51. The van der Waals surface area contributed by atoms with Gasteiger partial charge in [-0.05, 0) is 57.4 Å². The number of methoxy groups -OCH3 is 1. The van der Waals surface area contributed by atoms with Crippen molar-refractivity contribution >= 4 is 53.6 Å². The number of nitrogens with zero attached hydrogens (tertiary/aromatic N) is 1. The summed E-state index contributed by atoms with van der Waals surface area (Å²) < 4.78 is 23.5. The number of ether oxygens (including phenoxy) is 2. The van der Waals surface area contributed by atoms with Crippen molar-refractivity contribution in [2.24, 2.45) is 5.73 Å². The van der Waals surface area contributed by atoms with E-state index in [1.807, 2.05) is 45.9 Å². The lowest BCUT2D eigenvalue weighted by Gasteiger charge is -2.32. The third-order valence-corrected chi connectivity index (χ3v) is 7.02. The monoisotopic (exact) mass is 494 g/mol.